The first kappa shape index (κ1) is 18.2. The van der Waals surface area contributed by atoms with E-state index < -0.39 is 17.9 Å². The second-order valence-electron chi connectivity index (χ2n) is 3.50. The summed E-state index contributed by atoms with van der Waals surface area (Å²) < 4.78 is 4.39. The van der Waals surface area contributed by atoms with Gasteiger partial charge < -0.3 is 9.84 Å². The fraction of sp³-hybridized carbons (Fsp3) is 0.308. The highest BCUT2D eigenvalue weighted by atomic mass is 16.6. The fourth-order valence-electron chi connectivity index (χ4n) is 0.388. The van der Waals surface area contributed by atoms with Gasteiger partial charge in [0.25, 0.3) is 0 Å². The van der Waals surface area contributed by atoms with Crippen molar-refractivity contribution in [2.24, 2.45) is 0 Å². The van der Waals surface area contributed by atoms with E-state index in [9.17, 15) is 14.4 Å². The number of carbonyl (C=O) groups excluding carboxylic acids is 2. The van der Waals surface area contributed by atoms with Crippen LogP contribution >= 0.6 is 0 Å². The molecule has 0 aliphatic carbocycles. The van der Waals surface area contributed by atoms with Crippen molar-refractivity contribution in [1.82, 2.24) is 0 Å². The van der Waals surface area contributed by atoms with Crippen LogP contribution in [-0.4, -0.2) is 23.0 Å². The molecule has 5 nitrogen and oxygen atoms in total. The van der Waals surface area contributed by atoms with Crippen molar-refractivity contribution in [3.05, 3.63) is 36.5 Å². The third-order valence-corrected chi connectivity index (χ3v) is 1.61. The number of carbonyl (C=O) groups is 3. The Kier molecular flexibility index (Phi) is 9.02. The summed E-state index contributed by atoms with van der Waals surface area (Å²) in [6.45, 7) is 14.6. The van der Waals surface area contributed by atoms with Crippen molar-refractivity contribution in [2.45, 2.75) is 27.2 Å². The molecule has 0 radical (unpaired) electrons. The molecule has 0 atom stereocenters. The third kappa shape index (κ3) is 9.08. The average molecular weight is 254 g/mol. The van der Waals surface area contributed by atoms with Crippen LogP contribution in [0.3, 0.4) is 0 Å². The number of carboxylic acids is 1. The Labute approximate surface area is 106 Å². The fourth-order valence-corrected chi connectivity index (χ4v) is 0.388. The van der Waals surface area contributed by atoms with Crippen LogP contribution in [0, 0.1) is 0 Å². The summed E-state index contributed by atoms with van der Waals surface area (Å²) >= 11 is 0. The lowest BCUT2D eigenvalue weighted by Gasteiger charge is -2.01. The summed E-state index contributed by atoms with van der Waals surface area (Å²) in [4.78, 5) is 31.3. The largest absolute Gasteiger partial charge is 0.478 e. The van der Waals surface area contributed by atoms with Gasteiger partial charge in [0, 0.05) is 16.7 Å². The highest BCUT2D eigenvalue weighted by molar-refractivity contribution is 6.00. The molecule has 0 spiro atoms. The van der Waals surface area contributed by atoms with Crippen molar-refractivity contribution in [1.29, 1.82) is 0 Å². The van der Waals surface area contributed by atoms with Gasteiger partial charge in [-0.05, 0) is 20.3 Å². The van der Waals surface area contributed by atoms with Crippen molar-refractivity contribution in [3.63, 3.8) is 0 Å². The predicted molar refractivity (Wildman–Crippen MR) is 67.8 cm³/mol. The number of aliphatic carboxylic acids is 1. The van der Waals surface area contributed by atoms with Crippen LogP contribution in [0.1, 0.15) is 27.2 Å². The summed E-state index contributed by atoms with van der Waals surface area (Å²) in [5.74, 6) is -2.31. The van der Waals surface area contributed by atoms with Crippen molar-refractivity contribution in [2.75, 3.05) is 0 Å². The number of rotatable bonds is 4. The minimum atomic E-state index is -0.935. The van der Waals surface area contributed by atoms with Crippen LogP contribution in [0.15, 0.2) is 36.5 Å². The summed E-state index contributed by atoms with van der Waals surface area (Å²) in [5.41, 5.74) is 0.659. The second-order valence-corrected chi connectivity index (χ2v) is 3.50. The van der Waals surface area contributed by atoms with Crippen LogP contribution < -0.4 is 0 Å². The maximum atomic E-state index is 10.9. The van der Waals surface area contributed by atoms with Gasteiger partial charge in [-0.25, -0.2) is 14.4 Å². The van der Waals surface area contributed by atoms with E-state index in [-0.39, 0.29) is 16.7 Å². The van der Waals surface area contributed by atoms with Crippen LogP contribution in [0.5, 0.6) is 0 Å². The molecule has 0 fully saturated rings. The lowest BCUT2D eigenvalue weighted by atomic mass is 10.2. The Morgan fingerprint density at radius 1 is 1.00 bits per heavy atom. The number of ether oxygens (including phenoxy) is 1. The number of hydrogen-bond donors (Lipinski definition) is 1. The normalized spacial score (nSPS) is 8.39. The monoisotopic (exact) mass is 254 g/mol. The van der Waals surface area contributed by atoms with E-state index >= 15 is 0 Å². The van der Waals surface area contributed by atoms with Gasteiger partial charge in [-0.1, -0.05) is 26.7 Å². The van der Waals surface area contributed by atoms with E-state index in [4.69, 9.17) is 5.11 Å². The Hall–Kier alpha value is -2.17. The van der Waals surface area contributed by atoms with Gasteiger partial charge in [-0.3, -0.25) is 0 Å². The molecule has 0 saturated carbocycles. The molecular weight excluding hydrogens is 236 g/mol. The highest BCUT2D eigenvalue weighted by Gasteiger charge is 2.12. The Morgan fingerprint density at radius 3 is 1.61 bits per heavy atom. The van der Waals surface area contributed by atoms with Crippen molar-refractivity contribution < 1.29 is 24.2 Å². The van der Waals surface area contributed by atoms with Gasteiger partial charge >= 0.3 is 17.9 Å². The maximum absolute atomic E-state index is 10.9. The standard InChI is InChI=1S/C9H12O3.C4H6O2/c1-5-7(4)9(11)12-8(10)6(2)3;1-3(2)4(5)6/h2,4-5H2,1,3H3;1H2,2H3,(H,5,6). The molecule has 100 valence electrons. The summed E-state index contributed by atoms with van der Waals surface area (Å²) in [7, 11) is 0. The minimum absolute atomic E-state index is 0.176. The first-order chi connectivity index (χ1) is 8.13. The van der Waals surface area contributed by atoms with Gasteiger partial charge in [0.15, 0.2) is 0 Å². The van der Waals surface area contributed by atoms with Gasteiger partial charge in [0.1, 0.15) is 0 Å². The minimum Gasteiger partial charge on any atom is -0.478 e. The molecule has 5 heteroatoms. The van der Waals surface area contributed by atoms with Gasteiger partial charge in [-0.15, -0.1) is 0 Å². The Balaban J connectivity index is 0. The molecule has 0 saturated heterocycles. The topological polar surface area (TPSA) is 80.7 Å². The lowest BCUT2D eigenvalue weighted by molar-refractivity contribution is -0.154. The van der Waals surface area contributed by atoms with Crippen LogP contribution in [0.25, 0.3) is 0 Å². The van der Waals surface area contributed by atoms with Gasteiger partial charge in [0.05, 0.1) is 0 Å². The molecule has 0 aromatic heterocycles. The first-order valence-electron chi connectivity index (χ1n) is 5.12. The lowest BCUT2D eigenvalue weighted by Crippen LogP contribution is -2.13. The average Bonchev–Trinajstić information content (AvgIpc) is 2.28. The molecular formula is C13H18O5. The molecule has 0 aliphatic heterocycles. The number of hydrogen-bond acceptors (Lipinski definition) is 4. The molecule has 0 aromatic carbocycles. The first-order valence-corrected chi connectivity index (χ1v) is 5.12. The highest BCUT2D eigenvalue weighted by Crippen LogP contribution is 2.02. The molecule has 0 aliphatic rings. The molecule has 0 bridgehead atoms. The van der Waals surface area contributed by atoms with E-state index in [0.717, 1.165) is 0 Å². The van der Waals surface area contributed by atoms with E-state index in [0.29, 0.717) is 6.42 Å². The van der Waals surface area contributed by atoms with E-state index in [1.807, 2.05) is 0 Å². The zero-order valence-electron chi connectivity index (χ0n) is 10.9. The van der Waals surface area contributed by atoms with Crippen LogP contribution in [0.4, 0.5) is 0 Å². The van der Waals surface area contributed by atoms with E-state index in [1.165, 1.54) is 13.8 Å². The molecule has 18 heavy (non-hydrogen) atoms. The molecule has 0 heterocycles. The Morgan fingerprint density at radius 2 is 1.39 bits per heavy atom. The zero-order chi connectivity index (χ0) is 14.9. The van der Waals surface area contributed by atoms with Crippen molar-refractivity contribution >= 4 is 17.9 Å². The Bertz CT molecular complexity index is 378. The molecule has 1 N–H and O–H groups in total. The predicted octanol–water partition coefficient (Wildman–Crippen LogP) is 2.25. The SMILES string of the molecule is C=C(C)C(=O)O.C=C(C)C(=O)OC(=O)C(=C)CC. The number of carboxylic acid groups (broad SMARTS) is 1. The molecule has 0 rings (SSSR count). The zero-order valence-corrected chi connectivity index (χ0v) is 10.9. The maximum Gasteiger partial charge on any atom is 0.341 e. The molecule has 0 unspecified atom stereocenters. The smallest absolute Gasteiger partial charge is 0.341 e. The van der Waals surface area contributed by atoms with Crippen LogP contribution in [-0.2, 0) is 19.1 Å². The summed E-state index contributed by atoms with van der Waals surface area (Å²) in [5, 5.41) is 7.89. The quantitative estimate of drug-likeness (QED) is 0.472. The van der Waals surface area contributed by atoms with Crippen molar-refractivity contribution in [3.8, 4) is 0 Å². The number of esters is 2. The summed E-state index contributed by atoms with van der Waals surface area (Å²) in [6.07, 6.45) is 0.475. The van der Waals surface area contributed by atoms with Gasteiger partial charge in [-0.2, -0.15) is 0 Å². The molecule has 0 amide bonds. The van der Waals surface area contributed by atoms with Gasteiger partial charge in [0.2, 0.25) is 0 Å². The summed E-state index contributed by atoms with van der Waals surface area (Å²) in [6, 6.07) is 0. The molecule has 0 aromatic rings. The van der Waals surface area contributed by atoms with Crippen LogP contribution in [0.2, 0.25) is 0 Å². The van der Waals surface area contributed by atoms with E-state index in [1.54, 1.807) is 6.92 Å². The third-order valence-electron chi connectivity index (χ3n) is 1.61. The van der Waals surface area contributed by atoms with E-state index in [2.05, 4.69) is 24.5 Å². The second kappa shape index (κ2) is 8.92.